The van der Waals surface area contributed by atoms with Crippen LogP contribution in [0.2, 0.25) is 0 Å². The van der Waals surface area contributed by atoms with Gasteiger partial charge in [0, 0.05) is 13.2 Å². The lowest BCUT2D eigenvalue weighted by molar-refractivity contribution is 0.0940. The van der Waals surface area contributed by atoms with Crippen molar-refractivity contribution in [3.8, 4) is 0 Å². The molecule has 2 rings (SSSR count). The highest BCUT2D eigenvalue weighted by atomic mass is 16.1. The molecule has 4 heteroatoms. The van der Waals surface area contributed by atoms with Crippen molar-refractivity contribution < 1.29 is 4.79 Å². The largest absolute Gasteiger partial charge is 0.345 e. The van der Waals surface area contributed by atoms with E-state index in [1.54, 1.807) is 24.1 Å². The maximum absolute atomic E-state index is 11.9. The van der Waals surface area contributed by atoms with E-state index in [9.17, 15) is 4.79 Å². The smallest absolute Gasteiger partial charge is 0.254 e. The van der Waals surface area contributed by atoms with Gasteiger partial charge in [-0.2, -0.15) is 5.10 Å². The number of nitrogens with one attached hydrogen (secondary N) is 1. The molecule has 17 heavy (non-hydrogen) atoms. The molecule has 4 nitrogen and oxygen atoms in total. The van der Waals surface area contributed by atoms with Crippen molar-refractivity contribution in [2.24, 2.45) is 7.05 Å². The molecular formula is C13H15N3O. The molecule has 1 heterocycles. The summed E-state index contributed by atoms with van der Waals surface area (Å²) in [5, 5.41) is 6.91. The van der Waals surface area contributed by atoms with Crippen LogP contribution < -0.4 is 5.32 Å². The van der Waals surface area contributed by atoms with Gasteiger partial charge in [0.05, 0.1) is 17.8 Å². The van der Waals surface area contributed by atoms with E-state index in [4.69, 9.17) is 0 Å². The molecule has 0 aliphatic heterocycles. The lowest BCUT2D eigenvalue weighted by atomic mass is 10.1. The Labute approximate surface area is 100 Å². The molecule has 1 aromatic carbocycles. The molecule has 0 saturated heterocycles. The van der Waals surface area contributed by atoms with Crippen LogP contribution in [0.5, 0.6) is 0 Å². The number of carbonyl (C=O) groups is 1. The van der Waals surface area contributed by atoms with Gasteiger partial charge in [-0.1, -0.05) is 30.3 Å². The number of carbonyl (C=O) groups excluding carboxylic acids is 1. The average molecular weight is 229 g/mol. The zero-order chi connectivity index (χ0) is 12.3. The van der Waals surface area contributed by atoms with Gasteiger partial charge in [0.1, 0.15) is 0 Å². The summed E-state index contributed by atoms with van der Waals surface area (Å²) in [6.07, 6.45) is 3.26. The topological polar surface area (TPSA) is 46.9 Å². The second-order valence-corrected chi connectivity index (χ2v) is 4.01. The molecule has 0 spiro atoms. The van der Waals surface area contributed by atoms with Crippen molar-refractivity contribution in [3.05, 3.63) is 53.9 Å². The lowest BCUT2D eigenvalue weighted by Crippen LogP contribution is -2.26. The van der Waals surface area contributed by atoms with E-state index in [0.717, 1.165) is 5.56 Å². The van der Waals surface area contributed by atoms with Gasteiger partial charge in [0.25, 0.3) is 5.91 Å². The van der Waals surface area contributed by atoms with Gasteiger partial charge in [-0.25, -0.2) is 0 Å². The minimum Gasteiger partial charge on any atom is -0.345 e. The van der Waals surface area contributed by atoms with Crippen LogP contribution in [0.25, 0.3) is 0 Å². The van der Waals surface area contributed by atoms with Crippen molar-refractivity contribution in [2.75, 3.05) is 0 Å². The van der Waals surface area contributed by atoms with E-state index in [2.05, 4.69) is 10.4 Å². The number of nitrogens with zero attached hydrogens (tertiary/aromatic N) is 2. The van der Waals surface area contributed by atoms with Crippen LogP contribution in [0.15, 0.2) is 42.7 Å². The van der Waals surface area contributed by atoms with Crippen LogP contribution in [-0.4, -0.2) is 15.7 Å². The van der Waals surface area contributed by atoms with Crippen LogP contribution in [0.4, 0.5) is 0 Å². The van der Waals surface area contributed by atoms with E-state index >= 15 is 0 Å². The Bertz CT molecular complexity index is 504. The monoisotopic (exact) mass is 229 g/mol. The van der Waals surface area contributed by atoms with Gasteiger partial charge in [0.2, 0.25) is 0 Å². The fraction of sp³-hybridized carbons (Fsp3) is 0.231. The van der Waals surface area contributed by atoms with Crippen molar-refractivity contribution in [2.45, 2.75) is 13.0 Å². The first kappa shape index (κ1) is 11.4. The van der Waals surface area contributed by atoms with Gasteiger partial charge in [0.15, 0.2) is 0 Å². The Kier molecular flexibility index (Phi) is 3.23. The molecule has 1 atom stereocenters. The Morgan fingerprint density at radius 1 is 1.35 bits per heavy atom. The van der Waals surface area contributed by atoms with Gasteiger partial charge in [-0.15, -0.1) is 0 Å². The van der Waals surface area contributed by atoms with Crippen LogP contribution >= 0.6 is 0 Å². The van der Waals surface area contributed by atoms with Crippen LogP contribution in [0.1, 0.15) is 28.9 Å². The molecule has 0 radical (unpaired) electrons. The van der Waals surface area contributed by atoms with Crippen LogP contribution in [0, 0.1) is 0 Å². The van der Waals surface area contributed by atoms with E-state index < -0.39 is 0 Å². The number of amides is 1. The quantitative estimate of drug-likeness (QED) is 0.874. The minimum absolute atomic E-state index is 0.0103. The molecular weight excluding hydrogens is 214 g/mol. The highest BCUT2D eigenvalue weighted by Gasteiger charge is 2.12. The summed E-state index contributed by atoms with van der Waals surface area (Å²) < 4.78 is 1.61. The number of hydrogen-bond donors (Lipinski definition) is 1. The number of aryl methyl sites for hydroxylation is 1. The third-order valence-corrected chi connectivity index (χ3v) is 2.61. The van der Waals surface area contributed by atoms with Crippen molar-refractivity contribution >= 4 is 5.91 Å². The van der Waals surface area contributed by atoms with E-state index in [0.29, 0.717) is 5.56 Å². The zero-order valence-corrected chi connectivity index (χ0v) is 9.92. The van der Waals surface area contributed by atoms with Crippen molar-refractivity contribution in [1.29, 1.82) is 0 Å². The van der Waals surface area contributed by atoms with Gasteiger partial charge < -0.3 is 5.32 Å². The first-order chi connectivity index (χ1) is 8.16. The molecule has 88 valence electrons. The molecule has 0 saturated carbocycles. The van der Waals surface area contributed by atoms with Gasteiger partial charge in [-0.3, -0.25) is 9.48 Å². The summed E-state index contributed by atoms with van der Waals surface area (Å²) in [5.74, 6) is -0.102. The average Bonchev–Trinajstić information content (AvgIpc) is 2.77. The molecule has 0 aliphatic rings. The first-order valence-electron chi connectivity index (χ1n) is 5.51. The highest BCUT2D eigenvalue weighted by molar-refractivity contribution is 5.93. The Balaban J connectivity index is 2.04. The minimum atomic E-state index is -0.102. The molecule has 2 aromatic rings. The van der Waals surface area contributed by atoms with Crippen molar-refractivity contribution in [1.82, 2.24) is 15.1 Å². The highest BCUT2D eigenvalue weighted by Crippen LogP contribution is 2.11. The second kappa shape index (κ2) is 4.82. The third kappa shape index (κ3) is 2.72. The zero-order valence-electron chi connectivity index (χ0n) is 9.92. The number of rotatable bonds is 3. The molecule has 0 fully saturated rings. The molecule has 0 unspecified atom stereocenters. The number of benzene rings is 1. The summed E-state index contributed by atoms with van der Waals surface area (Å²) in [6, 6.07) is 9.86. The molecule has 1 amide bonds. The molecule has 1 N–H and O–H groups in total. The standard InChI is InChI=1S/C13H15N3O/c1-10(11-6-4-3-5-7-11)15-13(17)12-8-14-16(2)9-12/h3-10H,1-2H3,(H,15,17)/t10-/m0/s1. The fourth-order valence-corrected chi connectivity index (χ4v) is 1.64. The maximum atomic E-state index is 11.9. The summed E-state index contributed by atoms with van der Waals surface area (Å²) in [4.78, 5) is 11.9. The summed E-state index contributed by atoms with van der Waals surface area (Å²) in [6.45, 7) is 1.96. The van der Waals surface area contributed by atoms with Crippen LogP contribution in [0.3, 0.4) is 0 Å². The predicted molar refractivity (Wildman–Crippen MR) is 65.5 cm³/mol. The predicted octanol–water partition coefficient (Wildman–Crippen LogP) is 1.91. The first-order valence-corrected chi connectivity index (χ1v) is 5.51. The third-order valence-electron chi connectivity index (χ3n) is 2.61. The van der Waals surface area contributed by atoms with E-state index in [-0.39, 0.29) is 11.9 Å². The van der Waals surface area contributed by atoms with E-state index in [1.165, 1.54) is 0 Å². The summed E-state index contributed by atoms with van der Waals surface area (Å²) in [5.41, 5.74) is 1.67. The number of hydrogen-bond acceptors (Lipinski definition) is 2. The normalized spacial score (nSPS) is 12.1. The molecule has 1 aromatic heterocycles. The second-order valence-electron chi connectivity index (χ2n) is 4.01. The Morgan fingerprint density at radius 2 is 2.06 bits per heavy atom. The fourth-order valence-electron chi connectivity index (χ4n) is 1.64. The van der Waals surface area contributed by atoms with Gasteiger partial charge in [-0.05, 0) is 12.5 Å². The Morgan fingerprint density at radius 3 is 2.65 bits per heavy atom. The summed E-state index contributed by atoms with van der Waals surface area (Å²) in [7, 11) is 1.79. The Hall–Kier alpha value is -2.10. The number of aromatic nitrogens is 2. The summed E-state index contributed by atoms with van der Waals surface area (Å²) >= 11 is 0. The lowest BCUT2D eigenvalue weighted by Gasteiger charge is -2.13. The SMILES string of the molecule is C[C@H](NC(=O)c1cnn(C)c1)c1ccccc1. The van der Waals surface area contributed by atoms with Crippen LogP contribution in [-0.2, 0) is 7.05 Å². The van der Waals surface area contributed by atoms with E-state index in [1.807, 2.05) is 37.3 Å². The maximum Gasteiger partial charge on any atom is 0.254 e. The van der Waals surface area contributed by atoms with Gasteiger partial charge >= 0.3 is 0 Å². The van der Waals surface area contributed by atoms with Crippen molar-refractivity contribution in [3.63, 3.8) is 0 Å². The molecule has 0 aliphatic carbocycles. The molecule has 0 bridgehead atoms.